The molecule has 0 saturated carbocycles. The molecule has 3 heterocycles. The number of rotatable bonds is 7. The van der Waals surface area contributed by atoms with Crippen molar-refractivity contribution in [2.24, 2.45) is 7.05 Å². The molecule has 1 spiro atoms. The van der Waals surface area contributed by atoms with Gasteiger partial charge in [-0.3, -0.25) is 0 Å². The van der Waals surface area contributed by atoms with Crippen LogP contribution in [0.15, 0.2) is 66.1 Å². The summed E-state index contributed by atoms with van der Waals surface area (Å²) in [6.45, 7) is 3.76. The zero-order valence-corrected chi connectivity index (χ0v) is 27.2. The summed E-state index contributed by atoms with van der Waals surface area (Å²) >= 11 is 12.7. The lowest BCUT2D eigenvalue weighted by atomic mass is 10.0. The van der Waals surface area contributed by atoms with Crippen molar-refractivity contribution in [3.05, 3.63) is 81.9 Å². The van der Waals surface area contributed by atoms with Crippen LogP contribution in [-0.4, -0.2) is 47.7 Å². The summed E-state index contributed by atoms with van der Waals surface area (Å²) in [6.07, 6.45) is 3.83. The van der Waals surface area contributed by atoms with Gasteiger partial charge in [0.1, 0.15) is 0 Å². The summed E-state index contributed by atoms with van der Waals surface area (Å²) in [6, 6.07) is 14.7. The molecule has 44 heavy (non-hydrogen) atoms. The molecule has 2 aliphatic rings. The molecule has 1 fully saturated rings. The van der Waals surface area contributed by atoms with Gasteiger partial charge in [0.05, 0.1) is 52.0 Å². The minimum atomic E-state index is -4.69. The monoisotopic (exact) mass is 677 g/mol. The van der Waals surface area contributed by atoms with E-state index < -0.39 is 30.9 Å². The Labute approximate surface area is 265 Å². The Morgan fingerprint density at radius 2 is 1.84 bits per heavy atom. The van der Waals surface area contributed by atoms with E-state index in [9.17, 15) is 25.9 Å². The van der Waals surface area contributed by atoms with E-state index in [0.717, 1.165) is 16.3 Å². The molecule has 0 N–H and O–H groups in total. The van der Waals surface area contributed by atoms with E-state index in [4.69, 9.17) is 27.9 Å². The zero-order chi connectivity index (χ0) is 31.8. The van der Waals surface area contributed by atoms with Crippen molar-refractivity contribution in [2.75, 3.05) is 6.54 Å². The number of ether oxygens (including phenoxy) is 1. The van der Waals surface area contributed by atoms with Crippen LogP contribution in [0.25, 0.3) is 27.9 Å². The molecule has 2 aliphatic heterocycles. The third kappa shape index (κ3) is 5.02. The summed E-state index contributed by atoms with van der Waals surface area (Å²) in [5.41, 5.74) is 2.73. The molecule has 4 aromatic rings. The van der Waals surface area contributed by atoms with Crippen molar-refractivity contribution < 1.29 is 35.2 Å². The first kappa shape index (κ1) is 31.0. The van der Waals surface area contributed by atoms with Gasteiger partial charge in [-0.25, -0.2) is 30.5 Å². The van der Waals surface area contributed by atoms with E-state index in [2.05, 4.69) is 0 Å². The van der Waals surface area contributed by atoms with Crippen molar-refractivity contribution in [2.45, 2.75) is 43.9 Å². The largest absolute Gasteiger partial charge is 0.748 e. The third-order valence-corrected chi connectivity index (χ3v) is 11.9. The van der Waals surface area contributed by atoms with Gasteiger partial charge >= 0.3 is 5.88 Å². The molecule has 3 unspecified atom stereocenters. The van der Waals surface area contributed by atoms with Gasteiger partial charge < -0.3 is 13.8 Å². The lowest BCUT2D eigenvalue weighted by Gasteiger charge is -2.48. The van der Waals surface area contributed by atoms with Crippen molar-refractivity contribution in [1.29, 1.82) is 0 Å². The minimum Gasteiger partial charge on any atom is -0.748 e. The Balaban J connectivity index is 1.50. The second kappa shape index (κ2) is 10.8. The lowest BCUT2D eigenvalue weighted by molar-refractivity contribution is -0.647. The normalized spacial score (nSPS) is 22.0. The van der Waals surface area contributed by atoms with Gasteiger partial charge in [0, 0.05) is 36.1 Å². The van der Waals surface area contributed by atoms with Crippen molar-refractivity contribution in [3.63, 3.8) is 0 Å². The number of hydrogen-bond donors (Lipinski definition) is 0. The van der Waals surface area contributed by atoms with E-state index in [0.29, 0.717) is 50.8 Å². The maximum atomic E-state index is 12.5. The maximum Gasteiger partial charge on any atom is 0.303 e. The average molecular weight is 679 g/mol. The Kier molecular flexibility index (Phi) is 7.64. The Bertz CT molecular complexity index is 2140. The summed E-state index contributed by atoms with van der Waals surface area (Å²) in [5, 5.41) is 0.0150. The maximum absolute atomic E-state index is 12.5. The lowest BCUT2D eigenvalue weighted by Crippen LogP contribution is -2.67. The average Bonchev–Trinajstić information content (AvgIpc) is 3.38. The van der Waals surface area contributed by atoms with Crippen LogP contribution in [0.3, 0.4) is 0 Å². The number of aryl methyl sites for hydroxylation is 2. The smallest absolute Gasteiger partial charge is 0.303 e. The predicted molar refractivity (Wildman–Crippen MR) is 168 cm³/mol. The first-order chi connectivity index (χ1) is 20.6. The quantitative estimate of drug-likeness (QED) is 0.150. The molecule has 6 rings (SSSR count). The highest BCUT2D eigenvalue weighted by atomic mass is 35.5. The van der Waals surface area contributed by atoms with Crippen LogP contribution in [0.2, 0.25) is 10.0 Å². The second-order valence-corrected chi connectivity index (χ2v) is 15.5. The number of aromatic nitrogens is 2. The fourth-order valence-electron chi connectivity index (χ4n) is 6.29. The van der Waals surface area contributed by atoms with Crippen LogP contribution in [0.5, 0.6) is 5.75 Å². The minimum absolute atomic E-state index is 0.0609. The van der Waals surface area contributed by atoms with E-state index >= 15 is 0 Å². The first-order valence-corrected chi connectivity index (χ1v) is 17.6. The zero-order valence-electron chi connectivity index (χ0n) is 24.0. The molecule has 0 aliphatic carbocycles. The highest BCUT2D eigenvalue weighted by Gasteiger charge is 2.61. The SMILES string of the molecule is CC(=Cc1n(CCC(C)S(=O)(=O)[O-])c2cc(Cl)c(Cl)cc2[n+]1C)C=C1Oc2ccc3ccccc3c2[N+]12CCC2S(=O)(=O)[O-]. The van der Waals surface area contributed by atoms with E-state index in [1.54, 1.807) is 24.3 Å². The topological polar surface area (TPSA) is 132 Å². The van der Waals surface area contributed by atoms with Gasteiger partial charge in [-0.1, -0.05) is 47.5 Å². The van der Waals surface area contributed by atoms with Gasteiger partial charge in [-0.05, 0) is 36.9 Å². The highest BCUT2D eigenvalue weighted by molar-refractivity contribution is 7.86. The fourth-order valence-corrected chi connectivity index (χ4v) is 8.15. The highest BCUT2D eigenvalue weighted by Crippen LogP contribution is 2.56. The Morgan fingerprint density at radius 3 is 2.50 bits per heavy atom. The number of hydrogen-bond acceptors (Lipinski definition) is 7. The third-order valence-electron chi connectivity index (χ3n) is 8.67. The van der Waals surface area contributed by atoms with E-state index in [1.165, 1.54) is 6.92 Å². The molecule has 3 atom stereocenters. The molecule has 1 aromatic heterocycles. The van der Waals surface area contributed by atoms with Crippen molar-refractivity contribution in [3.8, 4) is 5.75 Å². The van der Waals surface area contributed by atoms with Crippen LogP contribution >= 0.6 is 23.2 Å². The number of allylic oxidation sites excluding steroid dienone is 2. The van der Waals surface area contributed by atoms with E-state index in [-0.39, 0.29) is 23.9 Å². The predicted octanol–water partition coefficient (Wildman–Crippen LogP) is 5.17. The van der Waals surface area contributed by atoms with Crippen molar-refractivity contribution >= 4 is 77.0 Å². The van der Waals surface area contributed by atoms with Gasteiger partial charge in [0.25, 0.3) is 5.82 Å². The van der Waals surface area contributed by atoms with Crippen LogP contribution in [0.1, 0.15) is 32.5 Å². The Hall–Kier alpha value is -2.97. The van der Waals surface area contributed by atoms with Gasteiger partial charge in [0.15, 0.2) is 38.0 Å². The van der Waals surface area contributed by atoms with Crippen molar-refractivity contribution in [1.82, 2.24) is 9.05 Å². The molecule has 0 radical (unpaired) electrons. The molecular weight excluding hydrogens is 649 g/mol. The van der Waals surface area contributed by atoms with E-state index in [1.807, 2.05) is 59.5 Å². The number of nitrogens with zero attached hydrogens (tertiary/aromatic N) is 3. The fraction of sp³-hybridized carbons (Fsp3) is 0.300. The summed E-state index contributed by atoms with van der Waals surface area (Å²) < 4.78 is 82.3. The number of imidazole rings is 1. The van der Waals surface area contributed by atoms with Gasteiger partial charge in [-0.15, -0.1) is 0 Å². The van der Waals surface area contributed by atoms with Crippen LogP contribution in [0, 0.1) is 0 Å². The first-order valence-electron chi connectivity index (χ1n) is 13.9. The second-order valence-electron chi connectivity index (χ2n) is 11.4. The molecule has 10 nitrogen and oxygen atoms in total. The molecule has 232 valence electrons. The number of fused-ring (bicyclic) bond motifs is 5. The molecule has 0 amide bonds. The number of benzene rings is 3. The number of quaternary nitrogens is 1. The van der Waals surface area contributed by atoms with Gasteiger partial charge in [-0.2, -0.15) is 0 Å². The van der Waals surface area contributed by atoms with Crippen LogP contribution < -0.4 is 13.8 Å². The van der Waals surface area contributed by atoms with Gasteiger partial charge in [0.2, 0.25) is 0 Å². The molecule has 0 bridgehead atoms. The van der Waals surface area contributed by atoms with Crippen LogP contribution in [0.4, 0.5) is 5.69 Å². The molecule has 1 saturated heterocycles. The molecule has 3 aromatic carbocycles. The number of halogens is 2. The summed E-state index contributed by atoms with van der Waals surface area (Å²) in [5.74, 6) is 1.46. The summed E-state index contributed by atoms with van der Waals surface area (Å²) in [7, 11) is -7.36. The molecule has 14 heteroatoms. The standard InChI is InChI=1S/C30H29Cl2N3O7S2/c1-18(14-27-33(3)24-16-22(31)23(32)17-25(24)34(27)12-10-19(2)43(36,37)38)15-28-35(13-11-29(35)44(39,40)41)30-21-7-5-4-6-20(21)8-9-26(30)42-28/h4-9,14-17,19,29H,10-13H2,1-3H3. The van der Waals surface area contributed by atoms with Crippen LogP contribution in [-0.2, 0) is 33.8 Å². The Morgan fingerprint density at radius 1 is 1.14 bits per heavy atom. The summed E-state index contributed by atoms with van der Waals surface area (Å²) in [4.78, 5) is 0. The molecular formula is C30H29Cl2N3O7S2.